The third kappa shape index (κ3) is 6.26. The zero-order valence-corrected chi connectivity index (χ0v) is 36.0. The van der Waals surface area contributed by atoms with Gasteiger partial charge >= 0.3 is 0 Å². The second kappa shape index (κ2) is 15.5. The van der Waals surface area contributed by atoms with E-state index in [0.717, 1.165) is 50.1 Å². The molecule has 0 amide bonds. The topological polar surface area (TPSA) is 16.4 Å². The highest BCUT2D eigenvalue weighted by atomic mass is 16.3. The molecule has 12 aromatic carbocycles. The number of para-hydroxylation sites is 1. The van der Waals surface area contributed by atoms with Gasteiger partial charge in [-0.3, -0.25) is 0 Å². The number of anilines is 3. The van der Waals surface area contributed by atoms with Crippen molar-refractivity contribution in [3.05, 3.63) is 249 Å². The minimum Gasteiger partial charge on any atom is -0.456 e. The predicted octanol–water partition coefficient (Wildman–Crippen LogP) is 18.3. The zero-order chi connectivity index (χ0) is 43.6. The summed E-state index contributed by atoms with van der Waals surface area (Å²) in [6.07, 6.45) is 0. The van der Waals surface area contributed by atoms with Crippen LogP contribution in [0.2, 0.25) is 0 Å². The molecular formula is C64H41NO. The fourth-order valence-corrected chi connectivity index (χ4v) is 10.4. The van der Waals surface area contributed by atoms with Crippen LogP contribution in [0.3, 0.4) is 0 Å². The van der Waals surface area contributed by atoms with Crippen molar-refractivity contribution in [2.45, 2.75) is 0 Å². The first-order valence-electron chi connectivity index (χ1n) is 22.7. The molecule has 0 radical (unpaired) electrons. The van der Waals surface area contributed by atoms with Crippen LogP contribution in [-0.2, 0) is 0 Å². The van der Waals surface area contributed by atoms with Crippen molar-refractivity contribution in [3.8, 4) is 44.5 Å². The summed E-state index contributed by atoms with van der Waals surface area (Å²) >= 11 is 0. The fraction of sp³-hybridized carbons (Fsp3) is 0. The van der Waals surface area contributed by atoms with Gasteiger partial charge in [-0.25, -0.2) is 0 Å². The largest absolute Gasteiger partial charge is 0.456 e. The summed E-state index contributed by atoms with van der Waals surface area (Å²) in [5.41, 5.74) is 14.5. The van der Waals surface area contributed by atoms with Gasteiger partial charge in [-0.2, -0.15) is 0 Å². The van der Waals surface area contributed by atoms with Crippen molar-refractivity contribution in [1.29, 1.82) is 0 Å². The Morgan fingerprint density at radius 3 is 1.56 bits per heavy atom. The maximum Gasteiger partial charge on any atom is 0.137 e. The van der Waals surface area contributed by atoms with Gasteiger partial charge < -0.3 is 9.32 Å². The minimum absolute atomic E-state index is 0.860. The van der Waals surface area contributed by atoms with E-state index < -0.39 is 0 Å². The minimum atomic E-state index is 0.860. The Morgan fingerprint density at radius 1 is 0.242 bits per heavy atom. The summed E-state index contributed by atoms with van der Waals surface area (Å²) in [5.74, 6) is 0. The number of furan rings is 1. The van der Waals surface area contributed by atoms with Crippen LogP contribution in [0.15, 0.2) is 253 Å². The molecule has 0 aliphatic carbocycles. The van der Waals surface area contributed by atoms with Crippen molar-refractivity contribution in [3.63, 3.8) is 0 Å². The predicted molar refractivity (Wildman–Crippen MR) is 280 cm³/mol. The zero-order valence-electron chi connectivity index (χ0n) is 36.0. The lowest BCUT2D eigenvalue weighted by Gasteiger charge is -2.26. The Hall–Kier alpha value is -8.72. The number of hydrogen-bond donors (Lipinski definition) is 0. The molecule has 0 spiro atoms. The molecule has 0 atom stereocenters. The number of rotatable bonds is 7. The second-order valence-corrected chi connectivity index (χ2v) is 17.2. The van der Waals surface area contributed by atoms with Gasteiger partial charge in [0.15, 0.2) is 0 Å². The van der Waals surface area contributed by atoms with Gasteiger partial charge in [0.25, 0.3) is 0 Å². The standard InChI is InChI=1S/C64H41NO/c1-3-16-44(17-4-1)63-59-25-10-9-23-54(59)56-37-32-47(40-60(56)64(63)45-18-5-2-6-19-45)46-20-13-21-49(39-46)65(50-35-38-58-57-24-11-12-28-61(57)66-62(58)41-50)48-33-29-43(30-34-48)52-26-14-27-53-51-22-8-7-15-42(51)31-36-55(52)53/h1-41H. The van der Waals surface area contributed by atoms with Crippen LogP contribution >= 0.6 is 0 Å². The third-order valence-electron chi connectivity index (χ3n) is 13.4. The molecule has 0 unspecified atom stereocenters. The van der Waals surface area contributed by atoms with Crippen molar-refractivity contribution < 1.29 is 4.42 Å². The van der Waals surface area contributed by atoms with Crippen LogP contribution in [0.25, 0.3) is 110 Å². The van der Waals surface area contributed by atoms with E-state index in [2.05, 4.69) is 241 Å². The lowest BCUT2D eigenvalue weighted by atomic mass is 9.84. The quantitative estimate of drug-likeness (QED) is 0.149. The molecule has 0 bridgehead atoms. The summed E-state index contributed by atoms with van der Waals surface area (Å²) in [4.78, 5) is 2.36. The molecule has 13 aromatic rings. The molecular weight excluding hydrogens is 799 g/mol. The Labute approximate surface area is 382 Å². The Kier molecular flexibility index (Phi) is 8.89. The van der Waals surface area contributed by atoms with Crippen LogP contribution < -0.4 is 4.90 Å². The molecule has 13 rings (SSSR count). The van der Waals surface area contributed by atoms with E-state index in [-0.39, 0.29) is 0 Å². The van der Waals surface area contributed by atoms with Gasteiger partial charge in [0.1, 0.15) is 11.2 Å². The van der Waals surface area contributed by atoms with Crippen molar-refractivity contribution in [2.24, 2.45) is 0 Å². The maximum absolute atomic E-state index is 6.49. The number of benzene rings is 12. The first-order chi connectivity index (χ1) is 32.7. The molecule has 0 fully saturated rings. The number of fused-ring (bicyclic) bond motifs is 9. The molecule has 0 aliphatic heterocycles. The highest BCUT2D eigenvalue weighted by molar-refractivity contribution is 6.22. The Morgan fingerprint density at radius 2 is 0.758 bits per heavy atom. The van der Waals surface area contributed by atoms with Crippen molar-refractivity contribution in [1.82, 2.24) is 0 Å². The van der Waals surface area contributed by atoms with Gasteiger partial charge in [0.05, 0.1) is 0 Å². The first kappa shape index (κ1) is 37.8. The second-order valence-electron chi connectivity index (χ2n) is 17.2. The van der Waals surface area contributed by atoms with Gasteiger partial charge in [0.2, 0.25) is 0 Å². The average Bonchev–Trinajstić information content (AvgIpc) is 3.77. The molecule has 1 heterocycles. The average molecular weight is 840 g/mol. The van der Waals surface area contributed by atoms with E-state index in [9.17, 15) is 0 Å². The highest BCUT2D eigenvalue weighted by Gasteiger charge is 2.20. The highest BCUT2D eigenvalue weighted by Crippen LogP contribution is 2.47. The van der Waals surface area contributed by atoms with Gasteiger partial charge in [0, 0.05) is 33.9 Å². The lowest BCUT2D eigenvalue weighted by molar-refractivity contribution is 0.669. The molecule has 0 N–H and O–H groups in total. The van der Waals surface area contributed by atoms with Crippen molar-refractivity contribution in [2.75, 3.05) is 4.90 Å². The molecule has 0 saturated heterocycles. The molecule has 1 aromatic heterocycles. The summed E-state index contributed by atoms with van der Waals surface area (Å²) < 4.78 is 6.49. The van der Waals surface area contributed by atoms with Gasteiger partial charge in [-0.05, 0) is 136 Å². The molecule has 2 nitrogen and oxygen atoms in total. The van der Waals surface area contributed by atoms with E-state index in [1.165, 1.54) is 76.5 Å². The Bertz CT molecular complexity index is 3980. The molecule has 0 saturated carbocycles. The Balaban J connectivity index is 0.980. The molecule has 2 heteroatoms. The summed E-state index contributed by atoms with van der Waals surface area (Å²) in [6.45, 7) is 0. The third-order valence-corrected chi connectivity index (χ3v) is 13.4. The summed E-state index contributed by atoms with van der Waals surface area (Å²) in [5, 5.41) is 12.2. The van der Waals surface area contributed by atoms with Crippen molar-refractivity contribution >= 4 is 82.1 Å². The number of hydrogen-bond acceptors (Lipinski definition) is 2. The molecule has 0 aliphatic rings. The van der Waals surface area contributed by atoms with Crippen LogP contribution in [0.5, 0.6) is 0 Å². The van der Waals surface area contributed by atoms with Gasteiger partial charge in [-0.15, -0.1) is 0 Å². The molecule has 66 heavy (non-hydrogen) atoms. The van der Waals surface area contributed by atoms with E-state index in [1.54, 1.807) is 0 Å². The van der Waals surface area contributed by atoms with Gasteiger partial charge in [-0.1, -0.05) is 194 Å². The summed E-state index contributed by atoms with van der Waals surface area (Å²) in [6, 6.07) is 90.3. The van der Waals surface area contributed by atoms with E-state index in [1.807, 2.05) is 12.1 Å². The molecule has 308 valence electrons. The van der Waals surface area contributed by atoms with Crippen LogP contribution in [0.4, 0.5) is 17.1 Å². The van der Waals surface area contributed by atoms with Crippen LogP contribution in [-0.4, -0.2) is 0 Å². The van der Waals surface area contributed by atoms with Crippen LogP contribution in [0.1, 0.15) is 0 Å². The van der Waals surface area contributed by atoms with E-state index >= 15 is 0 Å². The SMILES string of the molecule is c1ccc(-c2c(-c3ccccc3)c3cc(-c4cccc(N(c5ccc(-c6cccc7c6ccc6ccccc67)cc5)c5ccc6c(c5)oc5ccccc56)c4)ccc3c3ccccc23)cc1. The normalized spacial score (nSPS) is 11.6. The first-order valence-corrected chi connectivity index (χ1v) is 22.7. The van der Waals surface area contributed by atoms with Crippen LogP contribution in [0, 0.1) is 0 Å². The smallest absolute Gasteiger partial charge is 0.137 e. The lowest BCUT2D eigenvalue weighted by Crippen LogP contribution is -2.10. The monoisotopic (exact) mass is 839 g/mol. The number of nitrogens with zero attached hydrogens (tertiary/aromatic N) is 1. The summed E-state index contributed by atoms with van der Waals surface area (Å²) in [7, 11) is 0. The fourth-order valence-electron chi connectivity index (χ4n) is 10.4. The van der Waals surface area contributed by atoms with E-state index in [0.29, 0.717) is 0 Å². The maximum atomic E-state index is 6.49. The van der Waals surface area contributed by atoms with E-state index in [4.69, 9.17) is 4.42 Å².